The molecular weight excluding hydrogens is 462 g/mol. The van der Waals surface area contributed by atoms with Crippen LogP contribution in [0.3, 0.4) is 0 Å². The third-order valence-electron chi connectivity index (χ3n) is 7.09. The van der Waals surface area contributed by atoms with Crippen LogP contribution in [0.5, 0.6) is 0 Å². The fraction of sp³-hybridized carbons (Fsp3) is 0.520. The number of anilines is 3. The van der Waals surface area contributed by atoms with Gasteiger partial charge in [-0.3, -0.25) is 9.59 Å². The van der Waals surface area contributed by atoms with Crippen LogP contribution >= 0.6 is 0 Å². The van der Waals surface area contributed by atoms with Crippen molar-refractivity contribution in [3.63, 3.8) is 0 Å². The van der Waals surface area contributed by atoms with Crippen LogP contribution in [0.2, 0.25) is 0 Å². The van der Waals surface area contributed by atoms with Gasteiger partial charge in [-0.1, -0.05) is 0 Å². The van der Waals surface area contributed by atoms with E-state index < -0.39 is 0 Å². The largest absolute Gasteiger partial charge is 0.381 e. The van der Waals surface area contributed by atoms with Gasteiger partial charge in [-0.15, -0.1) is 0 Å². The second-order valence-electron chi connectivity index (χ2n) is 9.37. The van der Waals surface area contributed by atoms with Gasteiger partial charge in [0, 0.05) is 51.7 Å². The van der Waals surface area contributed by atoms with E-state index in [1.165, 1.54) is 6.20 Å². The Kier molecular flexibility index (Phi) is 7.19. The standard InChI is InChI=1S/C25H33N7O4/c1-26-22-14-21(29-20-7-4-10-31(25(20)34)17-8-11-36-12-9-17)30-23-19(15-27-32(22)23)24(33)28-16-5-3-6-18(13-16)35-2/h4,7,10,14-18,26H,3,5-6,8-9,11-13H2,1-2H3,(H,28,33)(H,29,30)/t16?,18-/m0/s1. The van der Waals surface area contributed by atoms with Gasteiger partial charge in [0.2, 0.25) is 0 Å². The minimum absolute atomic E-state index is 0.0456. The molecule has 11 heteroatoms. The summed E-state index contributed by atoms with van der Waals surface area (Å²) in [6, 6.07) is 5.51. The highest BCUT2D eigenvalue weighted by Crippen LogP contribution is 2.24. The molecular formula is C25H33N7O4. The first-order valence-electron chi connectivity index (χ1n) is 12.5. The minimum Gasteiger partial charge on any atom is -0.381 e. The summed E-state index contributed by atoms with van der Waals surface area (Å²) in [5.41, 5.74) is 1.08. The Balaban J connectivity index is 1.42. The molecule has 36 heavy (non-hydrogen) atoms. The Morgan fingerprint density at radius 3 is 2.83 bits per heavy atom. The van der Waals surface area contributed by atoms with E-state index >= 15 is 0 Å². The number of pyridine rings is 1. The summed E-state index contributed by atoms with van der Waals surface area (Å²) in [5.74, 6) is 0.861. The van der Waals surface area contributed by atoms with Crippen molar-refractivity contribution >= 4 is 28.9 Å². The Hall–Kier alpha value is -3.44. The second kappa shape index (κ2) is 10.7. The van der Waals surface area contributed by atoms with Crippen LogP contribution < -0.4 is 21.5 Å². The van der Waals surface area contributed by atoms with Crippen molar-refractivity contribution in [1.82, 2.24) is 24.5 Å². The molecule has 11 nitrogen and oxygen atoms in total. The molecule has 1 saturated heterocycles. The fourth-order valence-electron chi connectivity index (χ4n) is 5.11. The third-order valence-corrected chi connectivity index (χ3v) is 7.09. The number of hydrogen-bond donors (Lipinski definition) is 3. The zero-order valence-corrected chi connectivity index (χ0v) is 20.7. The first-order chi connectivity index (χ1) is 17.6. The Bertz CT molecular complexity index is 1280. The van der Waals surface area contributed by atoms with Crippen LogP contribution in [0.1, 0.15) is 54.9 Å². The van der Waals surface area contributed by atoms with E-state index in [2.05, 4.69) is 26.0 Å². The molecule has 0 spiro atoms. The van der Waals surface area contributed by atoms with Crippen molar-refractivity contribution in [3.05, 3.63) is 46.5 Å². The summed E-state index contributed by atoms with van der Waals surface area (Å²) in [5, 5.41) is 13.8. The summed E-state index contributed by atoms with van der Waals surface area (Å²) in [6.45, 7) is 1.30. The number of methoxy groups -OCH3 is 1. The predicted molar refractivity (Wildman–Crippen MR) is 136 cm³/mol. The molecule has 1 unspecified atom stereocenters. The third kappa shape index (κ3) is 4.93. The number of rotatable bonds is 7. The van der Waals surface area contributed by atoms with Crippen LogP contribution in [0, 0.1) is 0 Å². The molecule has 1 amide bonds. The molecule has 2 aliphatic rings. The molecule has 1 aliphatic carbocycles. The van der Waals surface area contributed by atoms with Gasteiger partial charge in [0.1, 0.15) is 22.9 Å². The first-order valence-corrected chi connectivity index (χ1v) is 12.5. The van der Waals surface area contributed by atoms with Gasteiger partial charge in [0.25, 0.3) is 11.5 Å². The number of aromatic nitrogens is 4. The fourth-order valence-corrected chi connectivity index (χ4v) is 5.11. The number of amides is 1. The van der Waals surface area contributed by atoms with Gasteiger partial charge in [0.15, 0.2) is 5.65 Å². The number of fused-ring (bicyclic) bond motifs is 1. The number of hydrogen-bond acceptors (Lipinski definition) is 8. The van der Waals surface area contributed by atoms with Gasteiger partial charge in [-0.2, -0.15) is 9.61 Å². The number of carbonyl (C=O) groups is 1. The van der Waals surface area contributed by atoms with Crippen molar-refractivity contribution in [2.75, 3.05) is 38.0 Å². The lowest BCUT2D eigenvalue weighted by Gasteiger charge is -2.28. The highest BCUT2D eigenvalue weighted by molar-refractivity contribution is 6.00. The molecule has 5 rings (SSSR count). The van der Waals surface area contributed by atoms with E-state index in [0.717, 1.165) is 38.5 Å². The van der Waals surface area contributed by atoms with Crippen molar-refractivity contribution in [2.24, 2.45) is 0 Å². The summed E-state index contributed by atoms with van der Waals surface area (Å²) in [6.07, 6.45) is 8.84. The molecule has 4 heterocycles. The van der Waals surface area contributed by atoms with Crippen molar-refractivity contribution in [1.29, 1.82) is 0 Å². The van der Waals surface area contributed by atoms with Crippen molar-refractivity contribution in [2.45, 2.75) is 56.7 Å². The number of nitrogens with one attached hydrogen (secondary N) is 3. The molecule has 3 N–H and O–H groups in total. The topological polar surface area (TPSA) is 124 Å². The molecule has 2 fully saturated rings. The van der Waals surface area contributed by atoms with Crippen LogP contribution in [0.15, 0.2) is 35.4 Å². The maximum Gasteiger partial charge on any atom is 0.274 e. The smallest absolute Gasteiger partial charge is 0.274 e. The summed E-state index contributed by atoms with van der Waals surface area (Å²) in [7, 11) is 3.48. The molecule has 1 aliphatic heterocycles. The first kappa shape index (κ1) is 24.3. The van der Waals surface area contributed by atoms with Crippen LogP contribution in [-0.2, 0) is 9.47 Å². The molecule has 2 atom stereocenters. The highest BCUT2D eigenvalue weighted by atomic mass is 16.5. The lowest BCUT2D eigenvalue weighted by Crippen LogP contribution is -2.40. The van der Waals surface area contributed by atoms with Crippen molar-refractivity contribution < 1.29 is 14.3 Å². The second-order valence-corrected chi connectivity index (χ2v) is 9.37. The molecule has 3 aromatic heterocycles. The maximum atomic E-state index is 13.2. The van der Waals surface area contributed by atoms with Crippen LogP contribution in [0.25, 0.3) is 5.65 Å². The van der Waals surface area contributed by atoms with E-state index in [4.69, 9.17) is 9.47 Å². The summed E-state index contributed by atoms with van der Waals surface area (Å²) in [4.78, 5) is 31.1. The zero-order chi connectivity index (χ0) is 25.1. The van der Waals surface area contributed by atoms with Gasteiger partial charge < -0.3 is 30.0 Å². The lowest BCUT2D eigenvalue weighted by atomic mass is 9.92. The van der Waals surface area contributed by atoms with E-state index in [1.54, 1.807) is 35.4 Å². The Labute approximate surface area is 209 Å². The summed E-state index contributed by atoms with van der Waals surface area (Å²) < 4.78 is 14.3. The SMILES string of the molecule is CNc1cc(Nc2cccn(C3CCOCC3)c2=O)nc2c(C(=O)NC3CCC[C@H](OC)C3)cnn12. The van der Waals surface area contributed by atoms with Gasteiger partial charge in [-0.25, -0.2) is 4.98 Å². The van der Waals surface area contributed by atoms with Gasteiger partial charge in [0.05, 0.1) is 12.3 Å². The summed E-state index contributed by atoms with van der Waals surface area (Å²) >= 11 is 0. The molecule has 0 radical (unpaired) electrons. The monoisotopic (exact) mass is 495 g/mol. The highest BCUT2D eigenvalue weighted by Gasteiger charge is 2.25. The quantitative estimate of drug-likeness (QED) is 0.457. The lowest BCUT2D eigenvalue weighted by molar-refractivity contribution is 0.0563. The van der Waals surface area contributed by atoms with E-state index in [9.17, 15) is 9.59 Å². The van der Waals surface area contributed by atoms with E-state index in [1.807, 2.05) is 12.3 Å². The number of carbonyl (C=O) groups excluding carboxylic acids is 1. The molecule has 0 bridgehead atoms. The molecule has 1 saturated carbocycles. The average molecular weight is 496 g/mol. The molecule has 0 aromatic carbocycles. The zero-order valence-electron chi connectivity index (χ0n) is 20.7. The van der Waals surface area contributed by atoms with E-state index in [0.29, 0.717) is 41.7 Å². The van der Waals surface area contributed by atoms with Crippen LogP contribution in [-0.4, -0.2) is 64.6 Å². The van der Waals surface area contributed by atoms with Gasteiger partial charge >= 0.3 is 0 Å². The van der Waals surface area contributed by atoms with Crippen molar-refractivity contribution in [3.8, 4) is 0 Å². The number of nitrogens with zero attached hydrogens (tertiary/aromatic N) is 4. The molecule has 3 aromatic rings. The van der Waals surface area contributed by atoms with Gasteiger partial charge in [-0.05, 0) is 50.7 Å². The maximum absolute atomic E-state index is 13.2. The Morgan fingerprint density at radius 2 is 2.06 bits per heavy atom. The average Bonchev–Trinajstić information content (AvgIpc) is 3.34. The van der Waals surface area contributed by atoms with E-state index in [-0.39, 0.29) is 29.7 Å². The predicted octanol–water partition coefficient (Wildman–Crippen LogP) is 2.72. The number of ether oxygens (including phenoxy) is 2. The minimum atomic E-state index is -0.222. The van der Waals surface area contributed by atoms with Crippen LogP contribution in [0.4, 0.5) is 17.3 Å². The molecule has 192 valence electrons. The normalized spacial score (nSPS) is 20.8. The Morgan fingerprint density at radius 1 is 1.22 bits per heavy atom.